The van der Waals surface area contributed by atoms with Crippen molar-refractivity contribution in [3.63, 3.8) is 0 Å². The van der Waals surface area contributed by atoms with Gasteiger partial charge in [0.15, 0.2) is 0 Å². The van der Waals surface area contributed by atoms with Crippen LogP contribution in [0.5, 0.6) is 0 Å². The molecule has 29 heavy (non-hydrogen) atoms. The van der Waals surface area contributed by atoms with Gasteiger partial charge in [0.1, 0.15) is 0 Å². The zero-order valence-electron chi connectivity index (χ0n) is 17.2. The summed E-state index contributed by atoms with van der Waals surface area (Å²) in [4.78, 5) is 4.52. The Hall–Kier alpha value is -2.64. The molecule has 0 amide bonds. The van der Waals surface area contributed by atoms with Crippen LogP contribution < -0.4 is 11.1 Å². The summed E-state index contributed by atoms with van der Waals surface area (Å²) in [5, 5.41) is 2.96. The maximum Gasteiger partial charge on any atom is 0.233 e. The smallest absolute Gasteiger partial charge is 0.233 e. The molecule has 156 valence electrons. The lowest BCUT2D eigenvalue weighted by Gasteiger charge is -2.04. The molecule has 0 aliphatic rings. The van der Waals surface area contributed by atoms with Gasteiger partial charge in [0, 0.05) is 12.1 Å². The lowest BCUT2D eigenvalue weighted by atomic mass is 10.1. The van der Waals surface area contributed by atoms with Crippen molar-refractivity contribution >= 4 is 15.7 Å². The van der Waals surface area contributed by atoms with E-state index in [1.165, 1.54) is 0 Å². The number of aryl methyl sites for hydroxylation is 1. The molecule has 1 aromatic heterocycles. The zero-order chi connectivity index (χ0) is 21.3. The third-order valence-corrected chi connectivity index (χ3v) is 5.78. The number of nitrogens with two attached hydrogens (primary N) is 1. The number of nitrogens with one attached hydrogen (secondary N) is 1. The van der Waals surface area contributed by atoms with E-state index < -0.39 is 9.84 Å². The first-order valence-corrected chi connectivity index (χ1v) is 11.2. The average Bonchev–Trinajstić information content (AvgIpc) is 3.18. The molecule has 3 N–H and O–H groups in total. The topological polar surface area (TPSA) is 98.2 Å². The first-order chi connectivity index (χ1) is 14.0. The van der Waals surface area contributed by atoms with Gasteiger partial charge in [0.05, 0.1) is 4.90 Å². The van der Waals surface area contributed by atoms with Gasteiger partial charge in [0.25, 0.3) is 0 Å². The largest absolute Gasteiger partial charge is 0.419 e. The number of hydrogen-bond donors (Lipinski definition) is 2. The van der Waals surface area contributed by atoms with Gasteiger partial charge in [-0.3, -0.25) is 0 Å². The van der Waals surface area contributed by atoms with Crippen molar-refractivity contribution in [3.05, 3.63) is 60.2 Å². The highest BCUT2D eigenvalue weighted by atomic mass is 32.2. The molecule has 0 atom stereocenters. The predicted octanol–water partition coefficient (Wildman–Crippen LogP) is 4.66. The maximum atomic E-state index is 13.0. The van der Waals surface area contributed by atoms with Crippen LogP contribution in [0.3, 0.4) is 0 Å². The lowest BCUT2D eigenvalue weighted by Crippen LogP contribution is -2.07. The van der Waals surface area contributed by atoms with E-state index >= 15 is 0 Å². The molecule has 0 aliphatic heterocycles. The van der Waals surface area contributed by atoms with Gasteiger partial charge in [-0.05, 0) is 50.1 Å². The molecule has 0 bridgehead atoms. The molecule has 0 unspecified atom stereocenters. The van der Waals surface area contributed by atoms with E-state index in [0.29, 0.717) is 12.4 Å². The lowest BCUT2D eigenvalue weighted by molar-refractivity contribution is 0.576. The Morgan fingerprint density at radius 3 is 2.21 bits per heavy atom. The van der Waals surface area contributed by atoms with E-state index in [9.17, 15) is 8.42 Å². The van der Waals surface area contributed by atoms with Gasteiger partial charge in [-0.25, -0.2) is 8.42 Å². The third kappa shape index (κ3) is 5.68. The normalized spacial score (nSPS) is 10.9. The van der Waals surface area contributed by atoms with Crippen LogP contribution in [0.1, 0.15) is 32.3 Å². The van der Waals surface area contributed by atoms with Gasteiger partial charge < -0.3 is 15.5 Å². The SMILES string of the molecule is CCCN.CCCNc1oc(-c2ccccc2C)nc1S(=O)(=O)c1ccccc1. The number of benzene rings is 2. The summed E-state index contributed by atoms with van der Waals surface area (Å²) in [6.07, 6.45) is 1.94. The van der Waals surface area contributed by atoms with Gasteiger partial charge in [-0.2, -0.15) is 4.98 Å². The summed E-state index contributed by atoms with van der Waals surface area (Å²) < 4.78 is 31.8. The summed E-state index contributed by atoms with van der Waals surface area (Å²) in [6, 6.07) is 15.9. The quantitative estimate of drug-likeness (QED) is 0.582. The van der Waals surface area contributed by atoms with Crippen LogP contribution in [0.25, 0.3) is 11.5 Å². The zero-order valence-corrected chi connectivity index (χ0v) is 18.0. The minimum atomic E-state index is -3.77. The number of sulfone groups is 1. The Labute approximate surface area is 173 Å². The van der Waals surface area contributed by atoms with Crippen LogP contribution in [-0.4, -0.2) is 26.5 Å². The van der Waals surface area contributed by atoms with Crippen LogP contribution in [0.2, 0.25) is 0 Å². The second kappa shape index (κ2) is 10.8. The van der Waals surface area contributed by atoms with Gasteiger partial charge in [-0.15, -0.1) is 0 Å². The van der Waals surface area contributed by atoms with Crippen LogP contribution in [-0.2, 0) is 9.84 Å². The molecule has 1 heterocycles. The van der Waals surface area contributed by atoms with Gasteiger partial charge in [0.2, 0.25) is 26.6 Å². The van der Waals surface area contributed by atoms with E-state index in [0.717, 1.165) is 30.5 Å². The molecule has 0 aliphatic carbocycles. The molecule has 3 rings (SSSR count). The summed E-state index contributed by atoms with van der Waals surface area (Å²) in [5.41, 5.74) is 6.77. The number of oxazole rings is 1. The molecule has 0 spiro atoms. The molecule has 0 radical (unpaired) electrons. The van der Waals surface area contributed by atoms with E-state index in [1.54, 1.807) is 30.3 Å². The minimum absolute atomic E-state index is 0.0783. The minimum Gasteiger partial charge on any atom is -0.419 e. The van der Waals surface area contributed by atoms with Crippen LogP contribution in [0.4, 0.5) is 5.88 Å². The van der Waals surface area contributed by atoms with Gasteiger partial charge >= 0.3 is 0 Å². The van der Waals surface area contributed by atoms with Crippen molar-refractivity contribution in [2.75, 3.05) is 18.4 Å². The third-order valence-electron chi connectivity index (χ3n) is 4.10. The first-order valence-electron chi connectivity index (χ1n) is 9.76. The average molecular weight is 416 g/mol. The highest BCUT2D eigenvalue weighted by Crippen LogP contribution is 2.33. The molecular weight excluding hydrogens is 386 g/mol. The molecule has 2 aromatic carbocycles. The monoisotopic (exact) mass is 415 g/mol. The molecule has 7 heteroatoms. The summed E-state index contributed by atoms with van der Waals surface area (Å²) in [6.45, 7) is 7.40. The molecule has 0 fully saturated rings. The molecule has 0 saturated heterocycles. The maximum absolute atomic E-state index is 13.0. The standard InChI is InChI=1S/C19H20N2O3S.C3H9N/c1-3-13-20-18-19(25(22,23)15-10-5-4-6-11-15)21-17(24-18)16-12-8-7-9-14(16)2;1-2-3-4/h4-12,20H,3,13H2,1-2H3;2-4H2,1H3. The van der Waals surface area contributed by atoms with E-state index in [-0.39, 0.29) is 15.8 Å². The fraction of sp³-hybridized carbons (Fsp3) is 0.318. The van der Waals surface area contributed by atoms with Crippen molar-refractivity contribution in [2.24, 2.45) is 5.73 Å². The Morgan fingerprint density at radius 1 is 1.00 bits per heavy atom. The van der Waals surface area contributed by atoms with Crippen molar-refractivity contribution in [3.8, 4) is 11.5 Å². The summed E-state index contributed by atoms with van der Waals surface area (Å²) >= 11 is 0. The van der Waals surface area contributed by atoms with Crippen molar-refractivity contribution in [2.45, 2.75) is 43.5 Å². The highest BCUT2D eigenvalue weighted by Gasteiger charge is 2.28. The van der Waals surface area contributed by atoms with Crippen molar-refractivity contribution in [1.82, 2.24) is 4.98 Å². The number of rotatable bonds is 7. The molecule has 6 nitrogen and oxygen atoms in total. The number of anilines is 1. The molecule has 0 saturated carbocycles. The Bertz CT molecular complexity index is 997. The molecular formula is C22H29N3O3S. The van der Waals surface area contributed by atoms with Crippen LogP contribution in [0, 0.1) is 6.92 Å². The fourth-order valence-corrected chi connectivity index (χ4v) is 3.78. The Morgan fingerprint density at radius 2 is 1.62 bits per heavy atom. The second-order valence-electron chi connectivity index (χ2n) is 6.50. The van der Waals surface area contributed by atoms with E-state index in [4.69, 9.17) is 10.2 Å². The second-order valence-corrected chi connectivity index (χ2v) is 8.37. The Kier molecular flexibility index (Phi) is 8.42. The highest BCUT2D eigenvalue weighted by molar-refractivity contribution is 7.91. The van der Waals surface area contributed by atoms with E-state index in [1.807, 2.05) is 38.1 Å². The fourth-order valence-electron chi connectivity index (χ4n) is 2.48. The molecule has 3 aromatic rings. The Balaban J connectivity index is 0.000000687. The first kappa shape index (κ1) is 22.6. The predicted molar refractivity (Wildman–Crippen MR) is 117 cm³/mol. The van der Waals surface area contributed by atoms with E-state index in [2.05, 4.69) is 17.2 Å². The summed E-state index contributed by atoms with van der Waals surface area (Å²) in [5.74, 6) is 0.482. The number of nitrogens with zero attached hydrogens (tertiary/aromatic N) is 1. The van der Waals surface area contributed by atoms with Crippen molar-refractivity contribution in [1.29, 1.82) is 0 Å². The number of hydrogen-bond acceptors (Lipinski definition) is 6. The van der Waals surface area contributed by atoms with Gasteiger partial charge in [-0.1, -0.05) is 50.2 Å². The van der Waals surface area contributed by atoms with Crippen LogP contribution >= 0.6 is 0 Å². The summed E-state index contributed by atoms with van der Waals surface area (Å²) in [7, 11) is -3.77. The van der Waals surface area contributed by atoms with Crippen molar-refractivity contribution < 1.29 is 12.8 Å². The van der Waals surface area contributed by atoms with Crippen LogP contribution in [0.15, 0.2) is 68.9 Å². The number of aromatic nitrogens is 1.